The molecule has 1 atom stereocenters. The molecule has 0 aliphatic carbocycles. The van der Waals surface area contributed by atoms with E-state index in [9.17, 15) is 27.2 Å². The predicted octanol–water partition coefficient (Wildman–Crippen LogP) is 2.13. The summed E-state index contributed by atoms with van der Waals surface area (Å²) in [6.07, 6.45) is 0.279. The molecule has 1 aromatic heterocycles. The normalized spacial score (nSPS) is 17.3. The fraction of sp³-hybridized carbons (Fsp3) is 0.294. The number of nitrogens with two attached hydrogens (primary N) is 1. The van der Waals surface area contributed by atoms with Crippen LogP contribution in [0.1, 0.15) is 11.1 Å². The average Bonchev–Trinajstić information content (AvgIpc) is 3.34. The summed E-state index contributed by atoms with van der Waals surface area (Å²) in [6.45, 7) is -0.277. The fourth-order valence-electron chi connectivity index (χ4n) is 2.10. The number of rotatable bonds is 4. The third-order valence-corrected chi connectivity index (χ3v) is 3.72. The number of nitrogens with zero attached hydrogens (tertiary/aromatic N) is 3. The minimum Gasteiger partial charge on any atom is -0.366 e. The highest BCUT2D eigenvalue weighted by atomic mass is 35.5. The first-order chi connectivity index (χ1) is 14.0. The Morgan fingerprint density at radius 1 is 1.47 bits per heavy atom. The number of hydrogen-bond acceptors (Lipinski definition) is 5. The Bertz CT molecular complexity index is 830. The molecule has 1 aliphatic rings. The van der Waals surface area contributed by atoms with Crippen molar-refractivity contribution in [2.45, 2.75) is 18.4 Å². The summed E-state index contributed by atoms with van der Waals surface area (Å²) >= 11 is 5.56. The number of hydrazone groups is 1. The van der Waals surface area contributed by atoms with Gasteiger partial charge in [-0.3, -0.25) is 19.7 Å². The number of carbonyl (C=O) groups excluding carboxylic acids is 2. The van der Waals surface area contributed by atoms with Gasteiger partial charge in [-0.2, -0.15) is 23.4 Å². The standard InChI is InChI=1S/C9H7ClF3NO.C5H8FN3O.C3H4N2/c10-7-1-2-8(9(11,12)13)6(3-7)4-14-5-15;1-9-3-5(6,2-8-9)4(7)10;1-2-4-5-3-1/h1-3,5H,4H2,(H,14,15);2H,3H2,1H3,(H2,7,10);1-3H,(H,4,5). The topological polar surface area (TPSA) is 116 Å². The van der Waals surface area contributed by atoms with Gasteiger partial charge in [-0.1, -0.05) is 11.6 Å². The van der Waals surface area contributed by atoms with Gasteiger partial charge in [0.25, 0.3) is 5.91 Å². The zero-order valence-corrected chi connectivity index (χ0v) is 16.4. The third-order valence-electron chi connectivity index (χ3n) is 3.48. The van der Waals surface area contributed by atoms with Gasteiger partial charge < -0.3 is 11.1 Å². The average molecular weight is 451 g/mol. The number of nitrogens with one attached hydrogen (secondary N) is 2. The molecule has 2 heterocycles. The summed E-state index contributed by atoms with van der Waals surface area (Å²) in [5, 5.41) is 13.4. The van der Waals surface area contributed by atoms with E-state index in [-0.39, 0.29) is 23.7 Å². The number of alkyl halides is 4. The largest absolute Gasteiger partial charge is 0.416 e. The molecule has 13 heteroatoms. The smallest absolute Gasteiger partial charge is 0.366 e. The number of aromatic amines is 1. The second-order valence-corrected chi connectivity index (χ2v) is 6.29. The predicted molar refractivity (Wildman–Crippen MR) is 102 cm³/mol. The molecule has 30 heavy (non-hydrogen) atoms. The van der Waals surface area contributed by atoms with Crippen molar-refractivity contribution in [3.8, 4) is 0 Å². The molecular formula is C17H19ClF4N6O2. The molecule has 0 bridgehead atoms. The first kappa shape index (κ1) is 24.9. The molecule has 4 N–H and O–H groups in total. The van der Waals surface area contributed by atoms with Gasteiger partial charge >= 0.3 is 6.18 Å². The lowest BCUT2D eigenvalue weighted by molar-refractivity contribution is -0.138. The molecule has 1 unspecified atom stereocenters. The van der Waals surface area contributed by atoms with Gasteiger partial charge in [-0.05, 0) is 29.8 Å². The monoisotopic (exact) mass is 450 g/mol. The summed E-state index contributed by atoms with van der Waals surface area (Å²) in [5.74, 6) is -0.986. The van der Waals surface area contributed by atoms with E-state index in [0.29, 0.717) is 6.41 Å². The number of aromatic nitrogens is 2. The molecular weight excluding hydrogens is 432 g/mol. The minimum atomic E-state index is -4.44. The van der Waals surface area contributed by atoms with Crippen molar-refractivity contribution in [2.24, 2.45) is 10.8 Å². The third kappa shape index (κ3) is 8.07. The van der Waals surface area contributed by atoms with Crippen molar-refractivity contribution in [2.75, 3.05) is 13.6 Å². The Hall–Kier alpha value is -3.15. The van der Waals surface area contributed by atoms with Crippen LogP contribution in [0.4, 0.5) is 17.6 Å². The zero-order valence-electron chi connectivity index (χ0n) is 15.7. The maximum Gasteiger partial charge on any atom is 0.416 e. The van der Waals surface area contributed by atoms with Crippen LogP contribution in [0.2, 0.25) is 5.02 Å². The maximum absolute atomic E-state index is 13.0. The summed E-state index contributed by atoms with van der Waals surface area (Å²) in [5.41, 5.74) is 1.86. The van der Waals surface area contributed by atoms with E-state index in [0.717, 1.165) is 18.3 Å². The zero-order chi connectivity index (χ0) is 22.8. The fourth-order valence-corrected chi connectivity index (χ4v) is 2.29. The Kier molecular flexibility index (Phi) is 9.24. The molecule has 0 saturated carbocycles. The highest BCUT2D eigenvalue weighted by Gasteiger charge is 2.40. The van der Waals surface area contributed by atoms with Gasteiger partial charge in [-0.25, -0.2) is 4.39 Å². The molecule has 3 rings (SSSR count). The second-order valence-electron chi connectivity index (χ2n) is 5.85. The minimum absolute atomic E-state index is 0.0536. The first-order valence-electron chi connectivity index (χ1n) is 8.21. The molecule has 0 saturated heterocycles. The number of primary amides is 1. The number of carbonyl (C=O) groups is 2. The van der Waals surface area contributed by atoms with Crippen LogP contribution in [0.25, 0.3) is 0 Å². The molecule has 1 aromatic carbocycles. The molecule has 164 valence electrons. The molecule has 0 radical (unpaired) electrons. The van der Waals surface area contributed by atoms with Crippen LogP contribution < -0.4 is 11.1 Å². The van der Waals surface area contributed by atoms with E-state index < -0.39 is 23.3 Å². The molecule has 2 amide bonds. The summed E-state index contributed by atoms with van der Waals surface area (Å²) in [6, 6.07) is 5.07. The Morgan fingerprint density at radius 2 is 2.17 bits per heavy atom. The molecule has 0 fully saturated rings. The number of hydrogen-bond donors (Lipinski definition) is 3. The molecule has 1 aliphatic heterocycles. The number of amides is 2. The van der Waals surface area contributed by atoms with E-state index in [1.165, 1.54) is 11.1 Å². The first-order valence-corrected chi connectivity index (χ1v) is 8.59. The maximum atomic E-state index is 13.0. The lowest BCUT2D eigenvalue weighted by Gasteiger charge is -2.12. The van der Waals surface area contributed by atoms with Crippen LogP contribution in [-0.2, 0) is 22.3 Å². The SMILES string of the molecule is CN1CC(F)(C(N)=O)C=N1.O=CNCc1cc(Cl)ccc1C(F)(F)F.c1cn[nH]c1. The van der Waals surface area contributed by atoms with Gasteiger partial charge in [-0.15, -0.1) is 0 Å². The van der Waals surface area contributed by atoms with E-state index in [1.54, 1.807) is 19.4 Å². The van der Waals surface area contributed by atoms with Crippen LogP contribution >= 0.6 is 11.6 Å². The lowest BCUT2D eigenvalue weighted by Crippen LogP contribution is -2.44. The van der Waals surface area contributed by atoms with Crippen molar-refractivity contribution >= 4 is 30.1 Å². The van der Waals surface area contributed by atoms with Crippen molar-refractivity contribution in [1.29, 1.82) is 0 Å². The van der Waals surface area contributed by atoms with Crippen molar-refractivity contribution in [1.82, 2.24) is 20.5 Å². The van der Waals surface area contributed by atoms with Crippen molar-refractivity contribution < 1.29 is 27.2 Å². The Balaban J connectivity index is 0.000000255. The summed E-state index contributed by atoms with van der Waals surface area (Å²) in [4.78, 5) is 20.4. The van der Waals surface area contributed by atoms with Gasteiger partial charge in [0.05, 0.1) is 18.3 Å². The summed E-state index contributed by atoms with van der Waals surface area (Å²) < 4.78 is 50.4. The Morgan fingerprint density at radius 3 is 2.53 bits per heavy atom. The Labute approximate surface area is 174 Å². The molecule has 2 aromatic rings. The van der Waals surface area contributed by atoms with Crippen molar-refractivity contribution in [3.05, 3.63) is 52.8 Å². The quantitative estimate of drug-likeness (QED) is 0.488. The number of benzene rings is 1. The number of H-pyrrole nitrogens is 1. The van der Waals surface area contributed by atoms with Crippen LogP contribution in [0.5, 0.6) is 0 Å². The highest BCUT2D eigenvalue weighted by Crippen LogP contribution is 2.33. The van der Waals surface area contributed by atoms with Crippen LogP contribution in [0.3, 0.4) is 0 Å². The number of halogens is 5. The van der Waals surface area contributed by atoms with Crippen molar-refractivity contribution in [3.63, 3.8) is 0 Å². The lowest BCUT2D eigenvalue weighted by atomic mass is 10.1. The van der Waals surface area contributed by atoms with Gasteiger partial charge in [0.1, 0.15) is 0 Å². The summed E-state index contributed by atoms with van der Waals surface area (Å²) in [7, 11) is 1.57. The van der Waals surface area contributed by atoms with E-state index in [2.05, 4.69) is 20.6 Å². The van der Waals surface area contributed by atoms with Gasteiger partial charge in [0, 0.05) is 31.0 Å². The molecule has 0 spiro atoms. The van der Waals surface area contributed by atoms with E-state index in [1.807, 2.05) is 6.07 Å². The van der Waals surface area contributed by atoms with Gasteiger partial charge in [0.15, 0.2) is 0 Å². The van der Waals surface area contributed by atoms with Crippen LogP contribution in [-0.4, -0.2) is 53.0 Å². The van der Waals surface area contributed by atoms with E-state index in [4.69, 9.17) is 17.3 Å². The highest BCUT2D eigenvalue weighted by molar-refractivity contribution is 6.30. The van der Waals surface area contributed by atoms with E-state index >= 15 is 0 Å². The second kappa shape index (κ2) is 11.1. The van der Waals surface area contributed by atoms with Crippen LogP contribution in [0.15, 0.2) is 41.8 Å². The van der Waals surface area contributed by atoms with Gasteiger partial charge in [0.2, 0.25) is 12.1 Å². The van der Waals surface area contributed by atoms with Crippen LogP contribution in [0, 0.1) is 0 Å². The molecule has 8 nitrogen and oxygen atoms in total.